The lowest BCUT2D eigenvalue weighted by Crippen LogP contribution is -2.30. The number of piperidine rings is 1. The topological polar surface area (TPSA) is 39.1 Å². The predicted octanol–water partition coefficient (Wildman–Crippen LogP) is 2.70. The summed E-state index contributed by atoms with van der Waals surface area (Å²) in [5.41, 5.74) is 2.16. The van der Waals surface area contributed by atoms with Gasteiger partial charge in [0.1, 0.15) is 11.6 Å². The fourth-order valence-electron chi connectivity index (χ4n) is 2.96. The lowest BCUT2D eigenvalue weighted by Gasteiger charge is -2.23. The SMILES string of the molecule is C=CCn1c(C2CCCNC2)nc2cc(OC)ccc21. The van der Waals surface area contributed by atoms with Gasteiger partial charge in [0.25, 0.3) is 0 Å². The van der Waals surface area contributed by atoms with E-state index >= 15 is 0 Å². The number of fused-ring (bicyclic) bond motifs is 1. The van der Waals surface area contributed by atoms with Gasteiger partial charge in [-0.15, -0.1) is 6.58 Å². The van der Waals surface area contributed by atoms with Crippen molar-refractivity contribution in [2.24, 2.45) is 0 Å². The van der Waals surface area contributed by atoms with Crippen LogP contribution in [0.4, 0.5) is 0 Å². The molecule has 4 heteroatoms. The summed E-state index contributed by atoms with van der Waals surface area (Å²) in [6, 6.07) is 6.09. The van der Waals surface area contributed by atoms with Gasteiger partial charge in [-0.1, -0.05) is 6.08 Å². The third-order valence-corrected chi connectivity index (χ3v) is 3.96. The van der Waals surface area contributed by atoms with Gasteiger partial charge in [-0.05, 0) is 31.5 Å². The second-order valence-electron chi connectivity index (χ2n) is 5.27. The number of rotatable bonds is 4. The Morgan fingerprint density at radius 1 is 1.55 bits per heavy atom. The maximum absolute atomic E-state index is 5.30. The van der Waals surface area contributed by atoms with Crippen LogP contribution in [-0.2, 0) is 6.54 Å². The Bertz CT molecular complexity index is 611. The third kappa shape index (κ3) is 2.31. The number of hydrogen-bond acceptors (Lipinski definition) is 3. The Morgan fingerprint density at radius 2 is 2.45 bits per heavy atom. The maximum Gasteiger partial charge on any atom is 0.121 e. The van der Waals surface area contributed by atoms with E-state index in [1.807, 2.05) is 18.2 Å². The first-order valence-corrected chi connectivity index (χ1v) is 7.19. The molecular weight excluding hydrogens is 250 g/mol. The van der Waals surface area contributed by atoms with Crippen LogP contribution in [0.15, 0.2) is 30.9 Å². The first-order valence-electron chi connectivity index (χ1n) is 7.19. The highest BCUT2D eigenvalue weighted by Gasteiger charge is 2.22. The first-order chi connectivity index (χ1) is 9.83. The van der Waals surface area contributed by atoms with Gasteiger partial charge in [0.2, 0.25) is 0 Å². The lowest BCUT2D eigenvalue weighted by molar-refractivity contribution is 0.415. The minimum Gasteiger partial charge on any atom is -0.497 e. The summed E-state index contributed by atoms with van der Waals surface area (Å²) in [5.74, 6) is 2.51. The second-order valence-corrected chi connectivity index (χ2v) is 5.27. The normalized spacial score (nSPS) is 19.1. The van der Waals surface area contributed by atoms with E-state index in [4.69, 9.17) is 9.72 Å². The van der Waals surface area contributed by atoms with Crippen molar-refractivity contribution in [1.29, 1.82) is 0 Å². The van der Waals surface area contributed by atoms with E-state index in [0.29, 0.717) is 5.92 Å². The van der Waals surface area contributed by atoms with Crippen molar-refractivity contribution in [2.45, 2.75) is 25.3 Å². The standard InChI is InChI=1S/C16H21N3O/c1-3-9-19-15-7-6-13(20-2)10-14(15)18-16(19)12-5-4-8-17-11-12/h3,6-7,10,12,17H,1,4-5,8-9,11H2,2H3. The molecule has 2 heterocycles. The summed E-state index contributed by atoms with van der Waals surface area (Å²) in [4.78, 5) is 4.86. The first kappa shape index (κ1) is 13.2. The fourth-order valence-corrected chi connectivity index (χ4v) is 2.96. The number of benzene rings is 1. The number of imidazole rings is 1. The molecule has 0 bridgehead atoms. The van der Waals surface area contributed by atoms with Crippen molar-refractivity contribution in [1.82, 2.24) is 14.9 Å². The Balaban J connectivity index is 2.08. The molecule has 106 valence electrons. The van der Waals surface area contributed by atoms with Crippen LogP contribution in [0.3, 0.4) is 0 Å². The van der Waals surface area contributed by atoms with Gasteiger partial charge < -0.3 is 14.6 Å². The number of nitrogens with zero attached hydrogens (tertiary/aromatic N) is 2. The summed E-state index contributed by atoms with van der Waals surface area (Å²) >= 11 is 0. The summed E-state index contributed by atoms with van der Waals surface area (Å²) < 4.78 is 7.57. The molecule has 1 aliphatic rings. The average molecular weight is 271 g/mol. The van der Waals surface area contributed by atoms with Gasteiger partial charge in [-0.3, -0.25) is 0 Å². The highest BCUT2D eigenvalue weighted by molar-refractivity contribution is 5.78. The van der Waals surface area contributed by atoms with Crippen molar-refractivity contribution in [3.05, 3.63) is 36.7 Å². The molecule has 1 atom stereocenters. The molecule has 0 amide bonds. The summed E-state index contributed by atoms with van der Waals surface area (Å²) in [7, 11) is 1.69. The van der Waals surface area contributed by atoms with Gasteiger partial charge in [0.05, 0.1) is 18.1 Å². The number of nitrogens with one attached hydrogen (secondary N) is 1. The monoisotopic (exact) mass is 271 g/mol. The molecule has 1 saturated heterocycles. The molecule has 2 aromatic rings. The molecule has 4 nitrogen and oxygen atoms in total. The largest absolute Gasteiger partial charge is 0.497 e. The highest BCUT2D eigenvalue weighted by Crippen LogP contribution is 2.28. The van der Waals surface area contributed by atoms with Crippen molar-refractivity contribution in [3.63, 3.8) is 0 Å². The molecule has 3 rings (SSSR count). The van der Waals surface area contributed by atoms with Crippen LogP contribution in [0, 0.1) is 0 Å². The predicted molar refractivity (Wildman–Crippen MR) is 81.3 cm³/mol. The molecule has 0 aliphatic carbocycles. The van der Waals surface area contributed by atoms with E-state index in [1.165, 1.54) is 18.7 Å². The summed E-state index contributed by atoms with van der Waals surface area (Å²) in [6.45, 7) is 6.80. The van der Waals surface area contributed by atoms with Crippen LogP contribution in [0.2, 0.25) is 0 Å². The van der Waals surface area contributed by atoms with E-state index < -0.39 is 0 Å². The zero-order chi connectivity index (χ0) is 13.9. The fraction of sp³-hybridized carbons (Fsp3) is 0.438. The molecule has 1 N–H and O–H groups in total. The van der Waals surface area contributed by atoms with Crippen LogP contribution in [0.25, 0.3) is 11.0 Å². The van der Waals surface area contributed by atoms with Crippen molar-refractivity contribution < 1.29 is 4.74 Å². The second kappa shape index (κ2) is 5.67. The minimum atomic E-state index is 0.488. The van der Waals surface area contributed by atoms with Crippen LogP contribution < -0.4 is 10.1 Å². The molecule has 1 aromatic carbocycles. The van der Waals surface area contributed by atoms with Crippen LogP contribution in [0.5, 0.6) is 5.75 Å². The third-order valence-electron chi connectivity index (χ3n) is 3.96. The average Bonchev–Trinajstić information content (AvgIpc) is 2.86. The molecule has 0 radical (unpaired) electrons. The van der Waals surface area contributed by atoms with Gasteiger partial charge in [-0.25, -0.2) is 4.98 Å². The van der Waals surface area contributed by atoms with Gasteiger partial charge in [0.15, 0.2) is 0 Å². The zero-order valence-electron chi connectivity index (χ0n) is 11.9. The zero-order valence-corrected chi connectivity index (χ0v) is 11.9. The maximum atomic E-state index is 5.30. The molecule has 1 aromatic heterocycles. The summed E-state index contributed by atoms with van der Waals surface area (Å²) in [6.07, 6.45) is 4.35. The molecule has 0 saturated carbocycles. The number of methoxy groups -OCH3 is 1. The van der Waals surface area contributed by atoms with Crippen molar-refractivity contribution in [3.8, 4) is 5.75 Å². The number of aromatic nitrogens is 2. The highest BCUT2D eigenvalue weighted by atomic mass is 16.5. The minimum absolute atomic E-state index is 0.488. The Labute approximate surface area is 119 Å². The van der Waals surface area contributed by atoms with Gasteiger partial charge in [-0.2, -0.15) is 0 Å². The lowest BCUT2D eigenvalue weighted by atomic mass is 9.99. The van der Waals surface area contributed by atoms with Crippen LogP contribution >= 0.6 is 0 Å². The Hall–Kier alpha value is -1.81. The Kier molecular flexibility index (Phi) is 3.74. The number of allylic oxidation sites excluding steroid dienone is 1. The van der Waals surface area contributed by atoms with E-state index in [2.05, 4.69) is 22.5 Å². The smallest absolute Gasteiger partial charge is 0.121 e. The molecule has 0 spiro atoms. The quantitative estimate of drug-likeness (QED) is 0.869. The summed E-state index contributed by atoms with van der Waals surface area (Å²) in [5, 5.41) is 3.47. The molecule has 20 heavy (non-hydrogen) atoms. The molecule has 1 aliphatic heterocycles. The van der Waals surface area contributed by atoms with E-state index in [0.717, 1.165) is 36.4 Å². The van der Waals surface area contributed by atoms with E-state index in [-0.39, 0.29) is 0 Å². The van der Waals surface area contributed by atoms with Crippen molar-refractivity contribution >= 4 is 11.0 Å². The molecular formula is C16H21N3O. The number of hydrogen-bond donors (Lipinski definition) is 1. The van der Waals surface area contributed by atoms with Crippen molar-refractivity contribution in [2.75, 3.05) is 20.2 Å². The van der Waals surface area contributed by atoms with E-state index in [1.54, 1.807) is 7.11 Å². The van der Waals surface area contributed by atoms with Gasteiger partial charge >= 0.3 is 0 Å². The number of ether oxygens (including phenoxy) is 1. The van der Waals surface area contributed by atoms with E-state index in [9.17, 15) is 0 Å². The van der Waals surface area contributed by atoms with Crippen LogP contribution in [0.1, 0.15) is 24.6 Å². The van der Waals surface area contributed by atoms with Gasteiger partial charge in [0, 0.05) is 25.1 Å². The molecule has 1 fully saturated rings. The Morgan fingerprint density at radius 3 is 3.15 bits per heavy atom. The molecule has 1 unspecified atom stereocenters. The van der Waals surface area contributed by atoms with Crippen LogP contribution in [-0.4, -0.2) is 29.8 Å².